The second-order valence-electron chi connectivity index (χ2n) is 9.36. The highest BCUT2D eigenvalue weighted by molar-refractivity contribution is 6.02. The lowest BCUT2D eigenvalue weighted by molar-refractivity contribution is -0.118. The van der Waals surface area contributed by atoms with E-state index >= 15 is 0 Å². The lowest BCUT2D eigenvalue weighted by Crippen LogP contribution is -2.55. The minimum atomic E-state index is 0. The Hall–Kier alpha value is -1.10. The van der Waals surface area contributed by atoms with E-state index in [9.17, 15) is 4.79 Å². The Labute approximate surface area is 182 Å². The number of piperidine rings is 1. The van der Waals surface area contributed by atoms with Crippen LogP contribution in [0, 0.1) is 6.92 Å². The van der Waals surface area contributed by atoms with E-state index in [1.54, 1.807) is 0 Å². The van der Waals surface area contributed by atoms with Crippen LogP contribution >= 0.6 is 12.4 Å². The molecule has 2 aliphatic heterocycles. The summed E-state index contributed by atoms with van der Waals surface area (Å²) in [5, 5.41) is 0. The number of hydrogen-bond donors (Lipinski definition) is 0. The van der Waals surface area contributed by atoms with Crippen molar-refractivity contribution in [3.05, 3.63) is 29.3 Å². The quantitative estimate of drug-likeness (QED) is 0.679. The van der Waals surface area contributed by atoms with Crippen LogP contribution in [0.5, 0.6) is 0 Å². The van der Waals surface area contributed by atoms with Crippen LogP contribution in [0.1, 0.15) is 69.9 Å². The molecule has 0 aromatic heterocycles. The fourth-order valence-corrected chi connectivity index (χ4v) is 5.47. The number of carbonyl (C=O) groups excluding carboxylic acids is 1. The summed E-state index contributed by atoms with van der Waals surface area (Å²) < 4.78 is 5.99. The van der Waals surface area contributed by atoms with Gasteiger partial charge in [0.1, 0.15) is 0 Å². The third-order valence-electron chi connectivity index (χ3n) is 7.27. The van der Waals surface area contributed by atoms with Crippen LogP contribution < -0.4 is 4.90 Å². The third-order valence-corrected chi connectivity index (χ3v) is 7.27. The van der Waals surface area contributed by atoms with Crippen molar-refractivity contribution in [3.8, 4) is 0 Å². The van der Waals surface area contributed by atoms with Crippen molar-refractivity contribution in [2.45, 2.75) is 89.8 Å². The molecule has 1 aromatic carbocycles. The van der Waals surface area contributed by atoms with Crippen molar-refractivity contribution in [1.29, 1.82) is 0 Å². The first kappa shape index (κ1) is 22.6. The highest BCUT2D eigenvalue weighted by Crippen LogP contribution is 2.39. The first-order valence-corrected chi connectivity index (χ1v) is 11.3. The first-order chi connectivity index (χ1) is 13.5. The van der Waals surface area contributed by atoms with Crippen LogP contribution in [-0.2, 0) is 16.0 Å². The molecule has 0 atom stereocenters. The SMILES string of the molecule is CCCOC1CCC(C)(N2CCC(N3C(=O)Cc4ccc(C)cc43)CC2)CC1.Cl. The van der Waals surface area contributed by atoms with Gasteiger partial charge in [0.25, 0.3) is 0 Å². The molecule has 1 aliphatic carbocycles. The van der Waals surface area contributed by atoms with Gasteiger partial charge in [0, 0.05) is 37.0 Å². The second kappa shape index (κ2) is 9.36. The van der Waals surface area contributed by atoms with Crippen LogP contribution in [-0.4, -0.2) is 48.2 Å². The predicted molar refractivity (Wildman–Crippen MR) is 121 cm³/mol. The number of aryl methyl sites for hydroxylation is 1. The Morgan fingerprint density at radius 1 is 1.14 bits per heavy atom. The number of nitrogens with zero attached hydrogens (tertiary/aromatic N) is 2. The van der Waals surface area contributed by atoms with E-state index in [4.69, 9.17) is 4.74 Å². The molecule has 1 aromatic rings. The van der Waals surface area contributed by atoms with Gasteiger partial charge >= 0.3 is 0 Å². The summed E-state index contributed by atoms with van der Waals surface area (Å²) in [4.78, 5) is 17.5. The van der Waals surface area contributed by atoms with E-state index in [2.05, 4.69) is 48.8 Å². The predicted octanol–water partition coefficient (Wildman–Crippen LogP) is 4.90. The number of ether oxygens (including phenoxy) is 1. The minimum absolute atomic E-state index is 0. The van der Waals surface area contributed by atoms with Crippen LogP contribution in [0.4, 0.5) is 5.69 Å². The molecule has 1 saturated carbocycles. The number of benzene rings is 1. The van der Waals surface area contributed by atoms with Gasteiger partial charge in [-0.25, -0.2) is 0 Å². The van der Waals surface area contributed by atoms with Crippen molar-refractivity contribution < 1.29 is 9.53 Å². The highest BCUT2D eigenvalue weighted by Gasteiger charge is 2.41. The number of rotatable bonds is 5. The molecule has 0 N–H and O–H groups in total. The molecule has 29 heavy (non-hydrogen) atoms. The normalized spacial score (nSPS) is 28.3. The number of fused-ring (bicyclic) bond motifs is 1. The topological polar surface area (TPSA) is 32.8 Å². The van der Waals surface area contributed by atoms with Gasteiger partial charge < -0.3 is 9.64 Å². The third kappa shape index (κ3) is 4.65. The fraction of sp³-hybridized carbons (Fsp3) is 0.708. The number of anilines is 1. The molecule has 0 bridgehead atoms. The van der Waals surface area contributed by atoms with E-state index in [0.717, 1.165) is 39.0 Å². The lowest BCUT2D eigenvalue weighted by Gasteiger charge is -2.49. The Morgan fingerprint density at radius 3 is 2.48 bits per heavy atom. The van der Waals surface area contributed by atoms with Gasteiger partial charge in [-0.2, -0.15) is 0 Å². The van der Waals surface area contributed by atoms with Crippen molar-refractivity contribution >= 4 is 24.0 Å². The fourth-order valence-electron chi connectivity index (χ4n) is 5.47. The zero-order valence-corrected chi connectivity index (χ0v) is 19.1. The van der Waals surface area contributed by atoms with Gasteiger partial charge in [0.15, 0.2) is 0 Å². The van der Waals surface area contributed by atoms with Crippen molar-refractivity contribution in [2.24, 2.45) is 0 Å². The summed E-state index contributed by atoms with van der Waals surface area (Å²) in [6, 6.07) is 6.82. The summed E-state index contributed by atoms with van der Waals surface area (Å²) in [5.41, 5.74) is 3.92. The zero-order chi connectivity index (χ0) is 19.7. The molecule has 0 unspecified atom stereocenters. The summed E-state index contributed by atoms with van der Waals surface area (Å²) in [5.74, 6) is 0.291. The maximum absolute atomic E-state index is 12.7. The molecule has 0 radical (unpaired) electrons. The number of carbonyl (C=O) groups is 1. The molecule has 5 heteroatoms. The summed E-state index contributed by atoms with van der Waals surface area (Å²) >= 11 is 0. The highest BCUT2D eigenvalue weighted by atomic mass is 35.5. The van der Waals surface area contributed by atoms with Gasteiger partial charge in [-0.15, -0.1) is 12.4 Å². The molecular formula is C24H37ClN2O2. The van der Waals surface area contributed by atoms with E-state index in [-0.39, 0.29) is 12.4 Å². The van der Waals surface area contributed by atoms with Crippen molar-refractivity contribution in [1.82, 2.24) is 4.90 Å². The molecule has 162 valence electrons. The molecule has 4 rings (SSSR count). The van der Waals surface area contributed by atoms with E-state index in [1.807, 2.05) is 0 Å². The Balaban J connectivity index is 0.00000240. The maximum atomic E-state index is 12.7. The van der Waals surface area contributed by atoms with E-state index < -0.39 is 0 Å². The maximum Gasteiger partial charge on any atom is 0.231 e. The Morgan fingerprint density at radius 2 is 1.83 bits per heavy atom. The Bertz CT molecular complexity index is 707. The lowest BCUT2D eigenvalue weighted by atomic mass is 9.79. The van der Waals surface area contributed by atoms with Gasteiger partial charge in [-0.3, -0.25) is 9.69 Å². The molecule has 0 spiro atoms. The smallest absolute Gasteiger partial charge is 0.231 e. The Kier molecular flexibility index (Phi) is 7.29. The van der Waals surface area contributed by atoms with Gasteiger partial charge in [-0.1, -0.05) is 19.1 Å². The van der Waals surface area contributed by atoms with Crippen molar-refractivity contribution in [3.63, 3.8) is 0 Å². The zero-order valence-electron chi connectivity index (χ0n) is 18.3. The van der Waals surface area contributed by atoms with Crippen LogP contribution in [0.3, 0.4) is 0 Å². The molecular weight excluding hydrogens is 384 g/mol. The molecule has 4 nitrogen and oxygen atoms in total. The number of halogens is 1. The molecule has 1 saturated heterocycles. The second-order valence-corrected chi connectivity index (χ2v) is 9.36. The summed E-state index contributed by atoms with van der Waals surface area (Å²) in [7, 11) is 0. The van der Waals surface area contributed by atoms with Crippen molar-refractivity contribution in [2.75, 3.05) is 24.6 Å². The summed E-state index contributed by atoms with van der Waals surface area (Å²) in [6.45, 7) is 9.85. The summed E-state index contributed by atoms with van der Waals surface area (Å²) in [6.07, 6.45) is 9.17. The average molecular weight is 421 g/mol. The standard InChI is InChI=1S/C24H36N2O2.ClH/c1-4-15-28-21-7-11-24(3,12-8-21)25-13-9-20(10-14-25)26-22-16-18(2)5-6-19(22)17-23(26)27;/h5-6,16,20-21H,4,7-15,17H2,1-3H3;1H. The van der Waals surface area contributed by atoms with Gasteiger partial charge in [-0.05, 0) is 76.0 Å². The first-order valence-electron chi connectivity index (χ1n) is 11.3. The van der Waals surface area contributed by atoms with Gasteiger partial charge in [0.05, 0.1) is 12.5 Å². The molecule has 2 heterocycles. The largest absolute Gasteiger partial charge is 0.378 e. The number of hydrogen-bond acceptors (Lipinski definition) is 3. The number of likely N-dealkylation sites (tertiary alicyclic amines) is 1. The molecule has 1 amide bonds. The molecule has 2 fully saturated rings. The number of amides is 1. The van der Waals surface area contributed by atoms with Crippen LogP contribution in [0.25, 0.3) is 0 Å². The van der Waals surface area contributed by atoms with Crippen LogP contribution in [0.15, 0.2) is 18.2 Å². The minimum Gasteiger partial charge on any atom is -0.378 e. The van der Waals surface area contributed by atoms with Gasteiger partial charge in [0.2, 0.25) is 5.91 Å². The van der Waals surface area contributed by atoms with E-state index in [1.165, 1.54) is 42.5 Å². The van der Waals surface area contributed by atoms with E-state index in [0.29, 0.717) is 30.0 Å². The average Bonchev–Trinajstić information content (AvgIpc) is 3.02. The molecule has 3 aliphatic rings. The van der Waals surface area contributed by atoms with Crippen LogP contribution in [0.2, 0.25) is 0 Å². The monoisotopic (exact) mass is 420 g/mol.